The molecule has 19 heavy (non-hydrogen) atoms. The Bertz CT molecular complexity index is 419. The first-order valence-electron chi connectivity index (χ1n) is 7.35. The Balaban J connectivity index is 2.14. The van der Waals surface area contributed by atoms with Crippen LogP contribution in [0.5, 0.6) is 5.75 Å². The first-order chi connectivity index (χ1) is 9.10. The van der Waals surface area contributed by atoms with Crippen LogP contribution in [0.1, 0.15) is 39.2 Å². The number of nitrogen functional groups attached to an aromatic ring is 1. The smallest absolute Gasteiger partial charge is 0.123 e. The van der Waals surface area contributed by atoms with Gasteiger partial charge < -0.3 is 10.5 Å². The summed E-state index contributed by atoms with van der Waals surface area (Å²) in [7, 11) is 0. The van der Waals surface area contributed by atoms with Crippen molar-refractivity contribution in [2.24, 2.45) is 5.92 Å². The van der Waals surface area contributed by atoms with Gasteiger partial charge in [-0.05, 0) is 50.8 Å². The molecule has 0 bridgehead atoms. The van der Waals surface area contributed by atoms with E-state index in [1.165, 1.54) is 24.9 Å². The zero-order chi connectivity index (χ0) is 13.8. The first kappa shape index (κ1) is 14.2. The third-order valence-electron chi connectivity index (χ3n) is 4.00. The molecule has 2 unspecified atom stereocenters. The Hall–Kier alpha value is -1.22. The molecule has 0 radical (unpaired) electrons. The zero-order valence-corrected chi connectivity index (χ0v) is 12.4. The van der Waals surface area contributed by atoms with Gasteiger partial charge in [-0.2, -0.15) is 0 Å². The van der Waals surface area contributed by atoms with Gasteiger partial charge in [-0.1, -0.05) is 6.92 Å². The number of hydrogen-bond acceptors (Lipinski definition) is 3. The van der Waals surface area contributed by atoms with Crippen LogP contribution in [0.4, 0.5) is 5.69 Å². The third kappa shape index (κ3) is 3.63. The van der Waals surface area contributed by atoms with Crippen molar-refractivity contribution in [1.82, 2.24) is 4.90 Å². The molecule has 0 saturated carbocycles. The minimum atomic E-state index is 0.645. The number of nitrogens with zero attached hydrogens (tertiary/aromatic N) is 1. The van der Waals surface area contributed by atoms with E-state index in [2.05, 4.69) is 24.8 Å². The Kier molecular flexibility index (Phi) is 4.70. The summed E-state index contributed by atoms with van der Waals surface area (Å²) in [6.45, 7) is 9.47. The van der Waals surface area contributed by atoms with E-state index in [-0.39, 0.29) is 0 Å². The number of ether oxygens (including phenoxy) is 1. The molecule has 0 spiro atoms. The monoisotopic (exact) mass is 262 g/mol. The van der Waals surface area contributed by atoms with Gasteiger partial charge in [0.15, 0.2) is 0 Å². The second-order valence-electron chi connectivity index (χ2n) is 5.76. The van der Waals surface area contributed by atoms with Gasteiger partial charge in [0.1, 0.15) is 5.75 Å². The molecule has 0 amide bonds. The van der Waals surface area contributed by atoms with E-state index in [0.717, 1.165) is 23.9 Å². The number of benzene rings is 1. The second-order valence-corrected chi connectivity index (χ2v) is 5.76. The van der Waals surface area contributed by atoms with E-state index >= 15 is 0 Å². The molecule has 1 fully saturated rings. The first-order valence-corrected chi connectivity index (χ1v) is 7.35. The fourth-order valence-corrected chi connectivity index (χ4v) is 2.84. The molecule has 1 aliphatic heterocycles. The van der Waals surface area contributed by atoms with E-state index in [9.17, 15) is 0 Å². The number of nitrogens with two attached hydrogens (primary N) is 1. The van der Waals surface area contributed by atoms with Gasteiger partial charge in [0.05, 0.1) is 6.61 Å². The van der Waals surface area contributed by atoms with Crippen LogP contribution in [0, 0.1) is 5.92 Å². The van der Waals surface area contributed by atoms with Crippen LogP contribution in [0.2, 0.25) is 0 Å². The van der Waals surface area contributed by atoms with Gasteiger partial charge in [-0.25, -0.2) is 0 Å². The molecule has 3 nitrogen and oxygen atoms in total. The Labute approximate surface area is 116 Å². The molecule has 3 heteroatoms. The van der Waals surface area contributed by atoms with Crippen LogP contribution >= 0.6 is 0 Å². The topological polar surface area (TPSA) is 38.5 Å². The number of likely N-dealkylation sites (tertiary alicyclic amines) is 1. The van der Waals surface area contributed by atoms with E-state index in [4.69, 9.17) is 10.5 Å². The van der Waals surface area contributed by atoms with Gasteiger partial charge in [-0.15, -0.1) is 0 Å². The minimum Gasteiger partial charge on any atom is -0.494 e. The van der Waals surface area contributed by atoms with Gasteiger partial charge in [0, 0.05) is 30.4 Å². The summed E-state index contributed by atoms with van der Waals surface area (Å²) >= 11 is 0. The van der Waals surface area contributed by atoms with Crippen molar-refractivity contribution in [3.8, 4) is 5.75 Å². The highest BCUT2D eigenvalue weighted by Crippen LogP contribution is 2.28. The molecule has 1 saturated heterocycles. The maximum Gasteiger partial charge on any atom is 0.123 e. The highest BCUT2D eigenvalue weighted by atomic mass is 16.5. The summed E-state index contributed by atoms with van der Waals surface area (Å²) in [5.74, 6) is 1.76. The van der Waals surface area contributed by atoms with E-state index in [0.29, 0.717) is 12.6 Å². The van der Waals surface area contributed by atoms with Crippen molar-refractivity contribution in [3.63, 3.8) is 0 Å². The number of hydrogen-bond donors (Lipinski definition) is 1. The van der Waals surface area contributed by atoms with Crippen LogP contribution in [0.15, 0.2) is 18.2 Å². The van der Waals surface area contributed by atoms with Crippen molar-refractivity contribution in [2.45, 2.75) is 46.2 Å². The fourth-order valence-electron chi connectivity index (χ4n) is 2.84. The van der Waals surface area contributed by atoms with Crippen LogP contribution in [0.3, 0.4) is 0 Å². The molecule has 106 valence electrons. The van der Waals surface area contributed by atoms with E-state index < -0.39 is 0 Å². The predicted molar refractivity (Wildman–Crippen MR) is 80.3 cm³/mol. The molecule has 1 aromatic carbocycles. The van der Waals surface area contributed by atoms with Crippen molar-refractivity contribution < 1.29 is 4.74 Å². The van der Waals surface area contributed by atoms with Gasteiger partial charge in [0.25, 0.3) is 0 Å². The molecule has 2 N–H and O–H groups in total. The summed E-state index contributed by atoms with van der Waals surface area (Å²) < 4.78 is 5.71. The summed E-state index contributed by atoms with van der Waals surface area (Å²) in [5.41, 5.74) is 7.94. The van der Waals surface area contributed by atoms with Crippen molar-refractivity contribution in [3.05, 3.63) is 23.8 Å². The molecule has 1 heterocycles. The summed E-state index contributed by atoms with van der Waals surface area (Å²) in [5, 5.41) is 0. The molecular weight excluding hydrogens is 236 g/mol. The Morgan fingerprint density at radius 2 is 2.11 bits per heavy atom. The summed E-state index contributed by atoms with van der Waals surface area (Å²) in [6, 6.07) is 6.60. The lowest BCUT2D eigenvalue weighted by Crippen LogP contribution is -2.40. The highest BCUT2D eigenvalue weighted by molar-refractivity contribution is 5.47. The average molecular weight is 262 g/mol. The molecule has 0 aromatic heterocycles. The fraction of sp³-hybridized carbons (Fsp3) is 0.625. The quantitative estimate of drug-likeness (QED) is 0.846. The summed E-state index contributed by atoms with van der Waals surface area (Å²) in [6.07, 6.45) is 2.63. The average Bonchev–Trinajstić information content (AvgIpc) is 2.37. The maximum atomic E-state index is 5.92. The minimum absolute atomic E-state index is 0.645. The SMILES string of the molecule is CCOc1ccc(N)cc1CN1CC(C)CCC1C. The largest absolute Gasteiger partial charge is 0.494 e. The van der Waals surface area contributed by atoms with Gasteiger partial charge in [-0.3, -0.25) is 4.90 Å². The van der Waals surface area contributed by atoms with Crippen LogP contribution in [-0.4, -0.2) is 24.1 Å². The van der Waals surface area contributed by atoms with Crippen LogP contribution in [0.25, 0.3) is 0 Å². The highest BCUT2D eigenvalue weighted by Gasteiger charge is 2.23. The van der Waals surface area contributed by atoms with Gasteiger partial charge >= 0.3 is 0 Å². The molecule has 1 aliphatic rings. The number of rotatable bonds is 4. The maximum absolute atomic E-state index is 5.92. The third-order valence-corrected chi connectivity index (χ3v) is 4.00. The molecule has 1 aromatic rings. The lowest BCUT2D eigenvalue weighted by Gasteiger charge is -2.37. The summed E-state index contributed by atoms with van der Waals surface area (Å²) in [4.78, 5) is 2.55. The Morgan fingerprint density at radius 3 is 2.84 bits per heavy atom. The van der Waals surface area contributed by atoms with Crippen LogP contribution in [-0.2, 0) is 6.54 Å². The Morgan fingerprint density at radius 1 is 1.32 bits per heavy atom. The normalized spacial score (nSPS) is 24.4. The standard InChI is InChI=1S/C16H26N2O/c1-4-19-16-8-7-15(17)9-14(16)11-18-10-12(2)5-6-13(18)3/h7-9,12-13H,4-6,10-11,17H2,1-3H3. The van der Waals surface area contributed by atoms with Crippen molar-refractivity contribution >= 4 is 5.69 Å². The molecular formula is C16H26N2O. The van der Waals surface area contributed by atoms with Crippen molar-refractivity contribution in [2.75, 3.05) is 18.9 Å². The van der Waals surface area contributed by atoms with E-state index in [1.807, 2.05) is 19.1 Å². The van der Waals surface area contributed by atoms with Gasteiger partial charge in [0.2, 0.25) is 0 Å². The molecule has 2 rings (SSSR count). The predicted octanol–water partition coefficient (Wildman–Crippen LogP) is 3.29. The number of anilines is 1. The lowest BCUT2D eigenvalue weighted by molar-refractivity contribution is 0.116. The molecule has 0 aliphatic carbocycles. The van der Waals surface area contributed by atoms with Crippen molar-refractivity contribution in [1.29, 1.82) is 0 Å². The molecule has 2 atom stereocenters. The van der Waals surface area contributed by atoms with Crippen LogP contribution < -0.4 is 10.5 Å². The second kappa shape index (κ2) is 6.29. The lowest BCUT2D eigenvalue weighted by atomic mass is 9.94. The number of piperidine rings is 1. The zero-order valence-electron chi connectivity index (χ0n) is 12.4. The van der Waals surface area contributed by atoms with E-state index in [1.54, 1.807) is 0 Å².